The van der Waals surface area contributed by atoms with Crippen LogP contribution in [-0.2, 0) is 11.2 Å². The Hall–Kier alpha value is -1.16. The smallest absolute Gasteiger partial charge is 0.260 e. The van der Waals surface area contributed by atoms with Crippen molar-refractivity contribution < 1.29 is 9.59 Å². The van der Waals surface area contributed by atoms with Crippen molar-refractivity contribution >= 4 is 28.2 Å². The van der Waals surface area contributed by atoms with E-state index in [0.29, 0.717) is 18.5 Å². The van der Waals surface area contributed by atoms with Gasteiger partial charge in [0.15, 0.2) is 0 Å². The molecule has 0 N–H and O–H groups in total. The van der Waals surface area contributed by atoms with E-state index >= 15 is 0 Å². The predicted molar refractivity (Wildman–Crippen MR) is 71.3 cm³/mol. The summed E-state index contributed by atoms with van der Waals surface area (Å²) in [7, 11) is 0. The molecule has 0 aliphatic carbocycles. The zero-order valence-electron chi connectivity index (χ0n) is 9.86. The summed E-state index contributed by atoms with van der Waals surface area (Å²) in [4.78, 5) is 24.3. The third kappa shape index (κ3) is 3.66. The number of carbonyl (C=O) groups is 2. The van der Waals surface area contributed by atoms with Gasteiger partial charge in [-0.15, -0.1) is 0 Å². The first-order valence-corrected chi connectivity index (χ1v) is 6.76. The van der Waals surface area contributed by atoms with E-state index < -0.39 is 0 Å². The van der Waals surface area contributed by atoms with Gasteiger partial charge in [-0.1, -0.05) is 41.1 Å². The van der Waals surface area contributed by atoms with Crippen molar-refractivity contribution in [3.05, 3.63) is 35.4 Å². The van der Waals surface area contributed by atoms with Crippen LogP contribution in [0, 0.1) is 0 Å². The molecule has 0 saturated heterocycles. The molecular formula is C13H16BrNO2. The first-order chi connectivity index (χ1) is 8.24. The fourth-order valence-corrected chi connectivity index (χ4v) is 1.87. The van der Waals surface area contributed by atoms with E-state index in [2.05, 4.69) is 15.9 Å². The maximum atomic E-state index is 12.1. The topological polar surface area (TPSA) is 37.4 Å². The first kappa shape index (κ1) is 13.9. The second-order valence-electron chi connectivity index (χ2n) is 3.66. The van der Waals surface area contributed by atoms with Crippen molar-refractivity contribution in [3.63, 3.8) is 0 Å². The van der Waals surface area contributed by atoms with Gasteiger partial charge in [-0.25, -0.2) is 0 Å². The minimum atomic E-state index is -0.210. The Balaban J connectivity index is 2.89. The lowest BCUT2D eigenvalue weighted by atomic mass is 10.0. The average Bonchev–Trinajstić information content (AvgIpc) is 2.39. The van der Waals surface area contributed by atoms with Crippen molar-refractivity contribution in [2.24, 2.45) is 0 Å². The lowest BCUT2D eigenvalue weighted by Crippen LogP contribution is -2.31. The Morgan fingerprint density at radius 2 is 2.12 bits per heavy atom. The van der Waals surface area contributed by atoms with E-state index in [-0.39, 0.29) is 5.91 Å². The van der Waals surface area contributed by atoms with Gasteiger partial charge in [0.25, 0.3) is 5.91 Å². The van der Waals surface area contributed by atoms with Crippen LogP contribution in [0.4, 0.5) is 0 Å². The Morgan fingerprint density at radius 1 is 1.41 bits per heavy atom. The van der Waals surface area contributed by atoms with Gasteiger partial charge in [-0.3, -0.25) is 14.5 Å². The van der Waals surface area contributed by atoms with Gasteiger partial charge in [0.05, 0.1) is 0 Å². The molecule has 0 radical (unpaired) electrons. The van der Waals surface area contributed by atoms with Gasteiger partial charge in [-0.05, 0) is 24.5 Å². The number of carbonyl (C=O) groups excluding carboxylic acids is 2. The molecule has 0 saturated carbocycles. The van der Waals surface area contributed by atoms with Crippen molar-refractivity contribution in [2.75, 3.05) is 11.9 Å². The Labute approximate surface area is 110 Å². The van der Waals surface area contributed by atoms with Gasteiger partial charge in [0.2, 0.25) is 6.41 Å². The number of imide groups is 1. The molecule has 3 nitrogen and oxygen atoms in total. The predicted octanol–water partition coefficient (Wildman–Crippen LogP) is 2.63. The first-order valence-electron chi connectivity index (χ1n) is 5.64. The van der Waals surface area contributed by atoms with E-state index in [1.807, 2.05) is 25.1 Å². The monoisotopic (exact) mass is 297 g/mol. The minimum Gasteiger partial charge on any atom is -0.281 e. The number of nitrogens with zero attached hydrogens (tertiary/aromatic N) is 1. The fraction of sp³-hybridized carbons (Fsp3) is 0.385. The quantitative estimate of drug-likeness (QED) is 0.598. The maximum Gasteiger partial charge on any atom is 0.260 e. The molecule has 1 rings (SSSR count). The number of halogens is 1. The number of rotatable bonds is 6. The summed E-state index contributed by atoms with van der Waals surface area (Å²) in [5.74, 6) is -0.210. The molecule has 1 aromatic carbocycles. The van der Waals surface area contributed by atoms with Gasteiger partial charge < -0.3 is 0 Å². The SMILES string of the molecule is CCc1ccccc1C(=O)N(C=O)CCCBr. The van der Waals surface area contributed by atoms with Crippen LogP contribution in [0.3, 0.4) is 0 Å². The highest BCUT2D eigenvalue weighted by atomic mass is 79.9. The normalized spacial score (nSPS) is 10.0. The number of alkyl halides is 1. The summed E-state index contributed by atoms with van der Waals surface area (Å²) in [5, 5.41) is 0.778. The van der Waals surface area contributed by atoms with Crippen LogP contribution < -0.4 is 0 Å². The Kier molecular flexibility index (Phi) is 5.91. The van der Waals surface area contributed by atoms with E-state index in [1.165, 1.54) is 4.90 Å². The standard InChI is InChI=1S/C13H16BrNO2/c1-2-11-6-3-4-7-12(11)13(17)15(10-16)9-5-8-14/h3-4,6-7,10H,2,5,8-9H2,1H3. The molecule has 17 heavy (non-hydrogen) atoms. The van der Waals surface area contributed by atoms with Crippen LogP contribution in [0.5, 0.6) is 0 Å². The van der Waals surface area contributed by atoms with E-state index in [9.17, 15) is 9.59 Å². The number of amides is 2. The lowest BCUT2D eigenvalue weighted by Gasteiger charge is -2.16. The molecule has 0 aliphatic rings. The zero-order chi connectivity index (χ0) is 12.7. The largest absolute Gasteiger partial charge is 0.281 e. The molecule has 0 heterocycles. The van der Waals surface area contributed by atoms with E-state index in [0.717, 1.165) is 23.7 Å². The molecule has 0 atom stereocenters. The highest BCUT2D eigenvalue weighted by molar-refractivity contribution is 9.09. The Bertz CT molecular complexity index is 393. The molecule has 0 aromatic heterocycles. The van der Waals surface area contributed by atoms with Crippen LogP contribution in [0.2, 0.25) is 0 Å². The summed E-state index contributed by atoms with van der Waals surface area (Å²) in [6.45, 7) is 2.45. The summed E-state index contributed by atoms with van der Waals surface area (Å²) in [5.41, 5.74) is 1.60. The van der Waals surface area contributed by atoms with Crippen LogP contribution in [0.1, 0.15) is 29.3 Å². The second kappa shape index (κ2) is 7.22. The van der Waals surface area contributed by atoms with Crippen molar-refractivity contribution in [2.45, 2.75) is 19.8 Å². The molecular weight excluding hydrogens is 282 g/mol. The minimum absolute atomic E-state index is 0.210. The molecule has 2 amide bonds. The Morgan fingerprint density at radius 3 is 2.71 bits per heavy atom. The van der Waals surface area contributed by atoms with Crippen molar-refractivity contribution in [1.29, 1.82) is 0 Å². The van der Waals surface area contributed by atoms with Crippen LogP contribution in [0.15, 0.2) is 24.3 Å². The third-order valence-corrected chi connectivity index (χ3v) is 3.11. The molecule has 4 heteroatoms. The van der Waals surface area contributed by atoms with E-state index in [4.69, 9.17) is 0 Å². The van der Waals surface area contributed by atoms with Crippen molar-refractivity contribution in [3.8, 4) is 0 Å². The second-order valence-corrected chi connectivity index (χ2v) is 4.45. The highest BCUT2D eigenvalue weighted by Crippen LogP contribution is 2.12. The number of hydrogen-bond acceptors (Lipinski definition) is 2. The molecule has 1 aromatic rings. The van der Waals surface area contributed by atoms with Crippen LogP contribution in [-0.4, -0.2) is 29.1 Å². The molecule has 0 unspecified atom stereocenters. The average molecular weight is 298 g/mol. The zero-order valence-corrected chi connectivity index (χ0v) is 11.4. The van der Waals surface area contributed by atoms with Gasteiger partial charge in [0.1, 0.15) is 0 Å². The number of hydrogen-bond donors (Lipinski definition) is 0. The summed E-state index contributed by atoms with van der Waals surface area (Å²) in [6.07, 6.45) is 2.16. The molecule has 0 bridgehead atoms. The number of benzene rings is 1. The summed E-state index contributed by atoms with van der Waals surface area (Å²) >= 11 is 3.29. The molecule has 0 aliphatic heterocycles. The van der Waals surface area contributed by atoms with Gasteiger partial charge >= 0.3 is 0 Å². The summed E-state index contributed by atoms with van der Waals surface area (Å²) < 4.78 is 0. The van der Waals surface area contributed by atoms with E-state index in [1.54, 1.807) is 6.07 Å². The highest BCUT2D eigenvalue weighted by Gasteiger charge is 2.16. The number of aryl methyl sites for hydroxylation is 1. The van der Waals surface area contributed by atoms with Crippen LogP contribution in [0.25, 0.3) is 0 Å². The van der Waals surface area contributed by atoms with Crippen LogP contribution >= 0.6 is 15.9 Å². The lowest BCUT2D eigenvalue weighted by molar-refractivity contribution is -0.116. The van der Waals surface area contributed by atoms with Gasteiger partial charge in [0, 0.05) is 17.4 Å². The molecule has 0 spiro atoms. The van der Waals surface area contributed by atoms with Crippen molar-refractivity contribution in [1.82, 2.24) is 4.90 Å². The molecule has 0 fully saturated rings. The fourth-order valence-electron chi connectivity index (χ4n) is 1.62. The molecule has 92 valence electrons. The summed E-state index contributed by atoms with van der Waals surface area (Å²) in [6, 6.07) is 7.41. The third-order valence-electron chi connectivity index (χ3n) is 2.55. The maximum absolute atomic E-state index is 12.1. The van der Waals surface area contributed by atoms with Gasteiger partial charge in [-0.2, -0.15) is 0 Å².